The molecule has 18 heavy (non-hydrogen) atoms. The van der Waals surface area contributed by atoms with Crippen molar-refractivity contribution >= 4 is 39.1 Å². The van der Waals surface area contributed by atoms with Gasteiger partial charge in [-0.15, -0.1) is 23.2 Å². The minimum Gasteiger partial charge on any atom is -0.274 e. The average molecular weight is 308 g/mol. The summed E-state index contributed by atoms with van der Waals surface area (Å²) in [4.78, 5) is 11.6. The Labute approximate surface area is 115 Å². The molecule has 98 valence electrons. The first-order valence-corrected chi connectivity index (χ1v) is 7.67. The predicted octanol–water partition coefficient (Wildman–Crippen LogP) is 1.83. The lowest BCUT2D eigenvalue weighted by atomic mass is 10.2. The van der Waals surface area contributed by atoms with Gasteiger partial charge in [0, 0.05) is 0 Å². The summed E-state index contributed by atoms with van der Waals surface area (Å²) in [5.41, 5.74) is 0.608. The van der Waals surface area contributed by atoms with Crippen molar-refractivity contribution in [3.63, 3.8) is 0 Å². The molecular weight excluding hydrogens is 297 g/mol. The molecule has 1 N–H and O–H groups in total. The second kappa shape index (κ2) is 4.72. The third kappa shape index (κ3) is 3.37. The summed E-state index contributed by atoms with van der Waals surface area (Å²) < 4.78 is 24.3. The van der Waals surface area contributed by atoms with E-state index in [2.05, 4.69) is 0 Å². The molecular formula is C11H11Cl2NO3S. The van der Waals surface area contributed by atoms with Crippen LogP contribution in [0.1, 0.15) is 12.0 Å². The zero-order valence-electron chi connectivity index (χ0n) is 9.27. The second-order valence-corrected chi connectivity index (χ2v) is 7.49. The summed E-state index contributed by atoms with van der Waals surface area (Å²) in [5.74, 6) is -1.54. The molecule has 4 nitrogen and oxygen atoms in total. The number of carbonyl (C=O) groups excluding carboxylic acids is 1. The highest BCUT2D eigenvalue weighted by atomic mass is 35.5. The molecule has 0 aromatic heterocycles. The quantitative estimate of drug-likeness (QED) is 0.863. The van der Waals surface area contributed by atoms with Gasteiger partial charge in [-0.05, 0) is 12.0 Å². The zero-order valence-corrected chi connectivity index (χ0v) is 11.6. The standard InChI is InChI=1S/C11H11Cl2NO3S/c12-11(13)6-9(11)10(15)14-18(16,17)7-8-4-2-1-3-5-8/h1-5,9H,6-7H2,(H,14,15). The van der Waals surface area contributed by atoms with E-state index in [4.69, 9.17) is 23.2 Å². The number of rotatable bonds is 4. The number of sulfonamides is 1. The van der Waals surface area contributed by atoms with Crippen LogP contribution < -0.4 is 4.72 Å². The van der Waals surface area contributed by atoms with Crippen LogP contribution in [0.15, 0.2) is 30.3 Å². The fourth-order valence-corrected chi connectivity index (χ4v) is 3.21. The lowest BCUT2D eigenvalue weighted by Gasteiger charge is -2.06. The number of amides is 1. The summed E-state index contributed by atoms with van der Waals surface area (Å²) in [5, 5.41) is 0. The molecule has 1 aliphatic rings. The van der Waals surface area contributed by atoms with Gasteiger partial charge in [-0.25, -0.2) is 8.42 Å². The van der Waals surface area contributed by atoms with Crippen molar-refractivity contribution in [3.05, 3.63) is 35.9 Å². The van der Waals surface area contributed by atoms with E-state index in [0.29, 0.717) is 5.56 Å². The number of benzene rings is 1. The highest BCUT2D eigenvalue weighted by Crippen LogP contribution is 2.53. The fourth-order valence-electron chi connectivity index (χ4n) is 1.55. The maximum atomic E-state index is 11.7. The highest BCUT2D eigenvalue weighted by Gasteiger charge is 2.56. The van der Waals surface area contributed by atoms with Crippen LogP contribution in [0, 0.1) is 5.92 Å². The van der Waals surface area contributed by atoms with Crippen LogP contribution in [-0.2, 0) is 20.6 Å². The Morgan fingerprint density at radius 1 is 1.33 bits per heavy atom. The molecule has 0 aliphatic heterocycles. The molecule has 1 atom stereocenters. The fraction of sp³-hybridized carbons (Fsp3) is 0.364. The molecule has 0 saturated heterocycles. The molecule has 1 unspecified atom stereocenters. The van der Waals surface area contributed by atoms with Gasteiger partial charge in [0.1, 0.15) is 4.33 Å². The Hall–Kier alpha value is -0.780. The molecule has 0 radical (unpaired) electrons. The molecule has 7 heteroatoms. The van der Waals surface area contributed by atoms with Gasteiger partial charge in [-0.3, -0.25) is 9.52 Å². The number of carbonyl (C=O) groups is 1. The number of hydrogen-bond donors (Lipinski definition) is 1. The van der Waals surface area contributed by atoms with Crippen LogP contribution in [0.25, 0.3) is 0 Å². The first-order chi connectivity index (χ1) is 8.30. The minimum atomic E-state index is -3.71. The van der Waals surface area contributed by atoms with Crippen LogP contribution in [0.2, 0.25) is 0 Å². The van der Waals surface area contributed by atoms with Crippen LogP contribution in [0.5, 0.6) is 0 Å². The van der Waals surface area contributed by atoms with E-state index >= 15 is 0 Å². The van der Waals surface area contributed by atoms with Gasteiger partial charge in [0.2, 0.25) is 15.9 Å². The summed E-state index contributed by atoms with van der Waals surface area (Å²) in [6, 6.07) is 8.60. The van der Waals surface area contributed by atoms with Crippen molar-refractivity contribution in [1.82, 2.24) is 4.72 Å². The van der Waals surface area contributed by atoms with Crippen LogP contribution >= 0.6 is 23.2 Å². The van der Waals surface area contributed by atoms with Crippen molar-refractivity contribution in [2.45, 2.75) is 16.5 Å². The van der Waals surface area contributed by atoms with Crippen molar-refractivity contribution < 1.29 is 13.2 Å². The third-order valence-corrected chi connectivity index (χ3v) is 4.66. The van der Waals surface area contributed by atoms with Crippen LogP contribution in [-0.4, -0.2) is 18.7 Å². The van der Waals surface area contributed by atoms with Gasteiger partial charge >= 0.3 is 0 Å². The lowest BCUT2D eigenvalue weighted by Crippen LogP contribution is -2.33. The Morgan fingerprint density at radius 3 is 2.39 bits per heavy atom. The van der Waals surface area contributed by atoms with Gasteiger partial charge in [-0.1, -0.05) is 30.3 Å². The molecule has 1 saturated carbocycles. The molecule has 2 rings (SSSR count). The normalized spacial score (nSPS) is 21.3. The Balaban J connectivity index is 1.98. The van der Waals surface area contributed by atoms with Crippen molar-refractivity contribution in [3.8, 4) is 0 Å². The van der Waals surface area contributed by atoms with Crippen molar-refractivity contribution in [2.24, 2.45) is 5.92 Å². The number of halogens is 2. The van der Waals surface area contributed by atoms with Gasteiger partial charge in [0.25, 0.3) is 0 Å². The first-order valence-electron chi connectivity index (χ1n) is 5.26. The van der Waals surface area contributed by atoms with E-state index in [0.717, 1.165) is 0 Å². The van der Waals surface area contributed by atoms with Gasteiger partial charge < -0.3 is 0 Å². The first kappa shape index (κ1) is 13.6. The molecule has 1 aromatic carbocycles. The van der Waals surface area contributed by atoms with E-state index < -0.39 is 26.2 Å². The second-order valence-electron chi connectivity index (χ2n) is 4.23. The largest absolute Gasteiger partial charge is 0.274 e. The Morgan fingerprint density at radius 2 is 1.89 bits per heavy atom. The monoisotopic (exact) mass is 307 g/mol. The van der Waals surface area contributed by atoms with Gasteiger partial charge in [-0.2, -0.15) is 0 Å². The van der Waals surface area contributed by atoms with Crippen LogP contribution in [0.3, 0.4) is 0 Å². The van der Waals surface area contributed by atoms with Gasteiger partial charge in [0.15, 0.2) is 0 Å². The van der Waals surface area contributed by atoms with E-state index in [-0.39, 0.29) is 12.2 Å². The summed E-state index contributed by atoms with van der Waals surface area (Å²) >= 11 is 11.4. The number of alkyl halides is 2. The molecule has 0 heterocycles. The zero-order chi connectivity index (χ0) is 13.4. The summed E-state index contributed by atoms with van der Waals surface area (Å²) in [6.45, 7) is 0. The Bertz CT molecular complexity index is 557. The number of nitrogens with one attached hydrogen (secondary N) is 1. The number of hydrogen-bond acceptors (Lipinski definition) is 3. The maximum absolute atomic E-state index is 11.7. The minimum absolute atomic E-state index is 0.246. The topological polar surface area (TPSA) is 63.2 Å². The van der Waals surface area contributed by atoms with Crippen molar-refractivity contribution in [2.75, 3.05) is 0 Å². The van der Waals surface area contributed by atoms with E-state index in [1.807, 2.05) is 4.72 Å². The highest BCUT2D eigenvalue weighted by molar-refractivity contribution is 7.89. The van der Waals surface area contributed by atoms with E-state index in [1.165, 1.54) is 0 Å². The SMILES string of the molecule is O=C(NS(=O)(=O)Cc1ccccc1)C1CC1(Cl)Cl. The van der Waals surface area contributed by atoms with Crippen molar-refractivity contribution in [1.29, 1.82) is 0 Å². The molecule has 1 fully saturated rings. The molecule has 1 amide bonds. The average Bonchev–Trinajstić information content (AvgIpc) is 2.88. The lowest BCUT2D eigenvalue weighted by molar-refractivity contribution is -0.120. The van der Waals surface area contributed by atoms with Gasteiger partial charge in [0.05, 0.1) is 11.7 Å². The van der Waals surface area contributed by atoms with Crippen LogP contribution in [0.4, 0.5) is 0 Å². The smallest absolute Gasteiger partial charge is 0.239 e. The third-order valence-electron chi connectivity index (χ3n) is 2.60. The Kier molecular flexibility index (Phi) is 3.58. The maximum Gasteiger partial charge on any atom is 0.239 e. The van der Waals surface area contributed by atoms with E-state index in [9.17, 15) is 13.2 Å². The summed E-state index contributed by atoms with van der Waals surface area (Å²) in [6.07, 6.45) is 0.281. The molecule has 0 spiro atoms. The molecule has 1 aromatic rings. The molecule has 0 bridgehead atoms. The predicted molar refractivity (Wildman–Crippen MR) is 69.8 cm³/mol. The van der Waals surface area contributed by atoms with E-state index in [1.54, 1.807) is 30.3 Å². The molecule has 1 aliphatic carbocycles. The summed E-state index contributed by atoms with van der Waals surface area (Å²) in [7, 11) is -3.71.